The smallest absolute Gasteiger partial charge is 0.0368 e. The van der Waals surface area contributed by atoms with E-state index >= 15 is 0 Å². The van der Waals surface area contributed by atoms with E-state index in [2.05, 4.69) is 56.2 Å². The highest BCUT2D eigenvalue weighted by Crippen LogP contribution is 2.27. The van der Waals surface area contributed by atoms with Crippen LogP contribution in [0.3, 0.4) is 0 Å². The Morgan fingerprint density at radius 3 is 2.52 bits per heavy atom. The summed E-state index contributed by atoms with van der Waals surface area (Å²) in [5, 5.41) is 3.54. The lowest BCUT2D eigenvalue weighted by atomic mass is 9.94. The maximum atomic E-state index is 3.54. The number of aryl methyl sites for hydroxylation is 1. The fraction of sp³-hybridized carbons (Fsp3) is 0.684. The molecular formula is C19H32N2. The number of hydrogen-bond donors (Lipinski definition) is 1. The Morgan fingerprint density at radius 2 is 1.90 bits per heavy atom. The fourth-order valence-electron chi connectivity index (χ4n) is 3.27. The van der Waals surface area contributed by atoms with Gasteiger partial charge in [-0.05, 0) is 55.5 Å². The highest BCUT2D eigenvalue weighted by Gasteiger charge is 2.18. The van der Waals surface area contributed by atoms with E-state index in [1.807, 2.05) is 0 Å². The van der Waals surface area contributed by atoms with E-state index in [0.717, 1.165) is 19.1 Å². The van der Waals surface area contributed by atoms with Gasteiger partial charge in [0.15, 0.2) is 0 Å². The molecule has 0 bridgehead atoms. The van der Waals surface area contributed by atoms with Crippen LogP contribution in [-0.4, -0.2) is 19.6 Å². The topological polar surface area (TPSA) is 15.3 Å². The number of nitrogens with one attached hydrogen (secondary N) is 1. The Kier molecular flexibility index (Phi) is 6.10. The van der Waals surface area contributed by atoms with E-state index in [1.54, 1.807) is 0 Å². The Labute approximate surface area is 130 Å². The van der Waals surface area contributed by atoms with E-state index in [9.17, 15) is 0 Å². The molecule has 2 nitrogen and oxygen atoms in total. The molecule has 1 aliphatic rings. The summed E-state index contributed by atoms with van der Waals surface area (Å²) in [6.45, 7) is 8.81. The normalized spacial score (nSPS) is 16.4. The van der Waals surface area contributed by atoms with Crippen LogP contribution in [-0.2, 0) is 6.54 Å². The lowest BCUT2D eigenvalue weighted by Crippen LogP contribution is -2.33. The zero-order valence-corrected chi connectivity index (χ0v) is 14.3. The minimum absolute atomic E-state index is 0.710. The largest absolute Gasteiger partial charge is 0.372 e. The van der Waals surface area contributed by atoms with Crippen molar-refractivity contribution in [2.24, 2.45) is 5.92 Å². The first kappa shape index (κ1) is 16.4. The number of benzene rings is 1. The Morgan fingerprint density at radius 1 is 1.19 bits per heavy atom. The van der Waals surface area contributed by atoms with Crippen LogP contribution in [0.2, 0.25) is 0 Å². The predicted octanol–water partition coefficient (Wildman–Crippen LogP) is 4.51. The minimum Gasteiger partial charge on any atom is -0.372 e. The number of anilines is 1. The summed E-state index contributed by atoms with van der Waals surface area (Å²) in [5.74, 6) is 0.710. The lowest BCUT2D eigenvalue weighted by Gasteiger charge is -2.33. The second kappa shape index (κ2) is 7.84. The second-order valence-electron chi connectivity index (χ2n) is 7.04. The molecule has 0 saturated heterocycles. The third-order valence-corrected chi connectivity index (χ3v) is 4.72. The Balaban J connectivity index is 1.97. The molecule has 21 heavy (non-hydrogen) atoms. The quantitative estimate of drug-likeness (QED) is 0.828. The lowest BCUT2D eigenvalue weighted by molar-refractivity contribution is 0.427. The first-order valence-corrected chi connectivity index (χ1v) is 8.61. The van der Waals surface area contributed by atoms with Crippen molar-refractivity contribution < 1.29 is 0 Å². The summed E-state index contributed by atoms with van der Waals surface area (Å²) in [6, 6.07) is 7.70. The SMILES string of the molecule is Cc1cc(N(C)C2CCCCC2)ccc1CNCC(C)C. The molecule has 0 heterocycles. The number of hydrogen-bond acceptors (Lipinski definition) is 2. The van der Waals surface area contributed by atoms with Crippen molar-refractivity contribution in [1.82, 2.24) is 5.32 Å². The fourth-order valence-corrected chi connectivity index (χ4v) is 3.27. The summed E-state index contributed by atoms with van der Waals surface area (Å²) in [5.41, 5.74) is 4.22. The van der Waals surface area contributed by atoms with Gasteiger partial charge in [0.1, 0.15) is 0 Å². The molecule has 0 aliphatic heterocycles. The molecule has 2 rings (SSSR count). The molecule has 0 unspecified atom stereocenters. The zero-order valence-electron chi connectivity index (χ0n) is 14.3. The molecule has 1 aliphatic carbocycles. The molecule has 1 aromatic rings. The average molecular weight is 288 g/mol. The van der Waals surface area contributed by atoms with Crippen LogP contribution in [0.4, 0.5) is 5.69 Å². The van der Waals surface area contributed by atoms with Crippen LogP contribution in [0.1, 0.15) is 57.1 Å². The molecule has 0 amide bonds. The molecule has 2 heteroatoms. The van der Waals surface area contributed by atoms with Crippen LogP contribution in [0, 0.1) is 12.8 Å². The van der Waals surface area contributed by atoms with Crippen LogP contribution in [0.5, 0.6) is 0 Å². The van der Waals surface area contributed by atoms with E-state index < -0.39 is 0 Å². The van der Waals surface area contributed by atoms with Crippen LogP contribution in [0.25, 0.3) is 0 Å². The highest BCUT2D eigenvalue weighted by atomic mass is 15.1. The van der Waals surface area contributed by atoms with E-state index in [-0.39, 0.29) is 0 Å². The summed E-state index contributed by atoms with van der Waals surface area (Å²) in [6.07, 6.45) is 6.92. The van der Waals surface area contributed by atoms with Gasteiger partial charge in [0.25, 0.3) is 0 Å². The molecule has 1 N–H and O–H groups in total. The second-order valence-corrected chi connectivity index (χ2v) is 7.04. The molecule has 0 radical (unpaired) electrons. The highest BCUT2D eigenvalue weighted by molar-refractivity contribution is 5.51. The molecule has 1 fully saturated rings. The van der Waals surface area contributed by atoms with Crippen LogP contribution in [0.15, 0.2) is 18.2 Å². The van der Waals surface area contributed by atoms with E-state index in [0.29, 0.717) is 5.92 Å². The molecule has 0 spiro atoms. The van der Waals surface area contributed by atoms with E-state index in [4.69, 9.17) is 0 Å². The van der Waals surface area contributed by atoms with Crippen molar-refractivity contribution >= 4 is 5.69 Å². The monoisotopic (exact) mass is 288 g/mol. The number of rotatable bonds is 6. The third-order valence-electron chi connectivity index (χ3n) is 4.72. The van der Waals surface area contributed by atoms with E-state index in [1.165, 1.54) is 48.9 Å². The maximum absolute atomic E-state index is 3.54. The summed E-state index contributed by atoms with van der Waals surface area (Å²) >= 11 is 0. The summed E-state index contributed by atoms with van der Waals surface area (Å²) in [7, 11) is 2.27. The van der Waals surface area contributed by atoms with Gasteiger partial charge in [0.2, 0.25) is 0 Å². The molecule has 118 valence electrons. The molecule has 1 saturated carbocycles. The van der Waals surface area contributed by atoms with Crippen molar-refractivity contribution in [3.63, 3.8) is 0 Å². The maximum Gasteiger partial charge on any atom is 0.0368 e. The van der Waals surface area contributed by atoms with Crippen molar-refractivity contribution in [2.45, 2.75) is 65.5 Å². The van der Waals surface area contributed by atoms with Crippen LogP contribution < -0.4 is 10.2 Å². The van der Waals surface area contributed by atoms with Gasteiger partial charge in [0.05, 0.1) is 0 Å². The molecule has 0 aromatic heterocycles. The third kappa shape index (κ3) is 4.74. The molecular weight excluding hydrogens is 256 g/mol. The Bertz CT molecular complexity index is 433. The van der Waals surface area contributed by atoms with Gasteiger partial charge >= 0.3 is 0 Å². The minimum atomic E-state index is 0.710. The van der Waals surface area contributed by atoms with Crippen molar-refractivity contribution in [3.8, 4) is 0 Å². The van der Waals surface area contributed by atoms with Crippen molar-refractivity contribution in [1.29, 1.82) is 0 Å². The van der Waals surface area contributed by atoms with Gasteiger partial charge in [-0.15, -0.1) is 0 Å². The molecule has 1 aromatic carbocycles. The number of nitrogens with zero attached hydrogens (tertiary/aromatic N) is 1. The van der Waals surface area contributed by atoms with Gasteiger partial charge in [0, 0.05) is 25.3 Å². The predicted molar refractivity (Wildman–Crippen MR) is 93.0 cm³/mol. The standard InChI is InChI=1S/C19H32N2/c1-15(2)13-20-14-17-10-11-19(12-16(17)3)21(4)18-8-6-5-7-9-18/h10-12,15,18,20H,5-9,13-14H2,1-4H3. The molecule has 0 atom stereocenters. The van der Waals surface area contributed by atoms with Crippen molar-refractivity contribution in [3.05, 3.63) is 29.3 Å². The Hall–Kier alpha value is -1.02. The van der Waals surface area contributed by atoms with Gasteiger partial charge < -0.3 is 10.2 Å². The first-order valence-electron chi connectivity index (χ1n) is 8.61. The van der Waals surface area contributed by atoms with Gasteiger partial charge in [-0.2, -0.15) is 0 Å². The zero-order chi connectivity index (χ0) is 15.2. The van der Waals surface area contributed by atoms with Crippen molar-refractivity contribution in [2.75, 3.05) is 18.5 Å². The van der Waals surface area contributed by atoms with Gasteiger partial charge in [-0.3, -0.25) is 0 Å². The summed E-state index contributed by atoms with van der Waals surface area (Å²) in [4.78, 5) is 2.50. The first-order chi connectivity index (χ1) is 10.1. The van der Waals surface area contributed by atoms with Gasteiger partial charge in [-0.1, -0.05) is 39.2 Å². The van der Waals surface area contributed by atoms with Gasteiger partial charge in [-0.25, -0.2) is 0 Å². The van der Waals surface area contributed by atoms with Crippen LogP contribution >= 0.6 is 0 Å². The average Bonchev–Trinajstić information content (AvgIpc) is 2.48. The summed E-state index contributed by atoms with van der Waals surface area (Å²) < 4.78 is 0.